The maximum Gasteiger partial charge on any atom is 0.275 e. The molecule has 1 heterocycles. The Bertz CT molecular complexity index is 580. The number of carbonyl (C=O) groups excluding carboxylic acids is 1. The van der Waals surface area contributed by atoms with Crippen molar-refractivity contribution in [2.45, 2.75) is 0 Å². The van der Waals surface area contributed by atoms with E-state index in [1.807, 2.05) is 0 Å². The van der Waals surface area contributed by atoms with E-state index < -0.39 is 5.91 Å². The van der Waals surface area contributed by atoms with Gasteiger partial charge in [0.15, 0.2) is 11.4 Å². The third-order valence-corrected chi connectivity index (χ3v) is 2.40. The van der Waals surface area contributed by atoms with Crippen LogP contribution >= 0.6 is 0 Å². The van der Waals surface area contributed by atoms with E-state index in [-0.39, 0.29) is 30.4 Å². The van der Waals surface area contributed by atoms with E-state index in [0.29, 0.717) is 5.69 Å². The van der Waals surface area contributed by atoms with Crippen LogP contribution in [0.25, 0.3) is 5.69 Å². The number of aromatic hydroxyl groups is 1. The summed E-state index contributed by atoms with van der Waals surface area (Å²) in [5, 5.41) is 24.5. The Hall–Kier alpha value is -2.41. The van der Waals surface area contributed by atoms with Gasteiger partial charge in [0, 0.05) is 6.54 Å². The molecule has 0 saturated carbocycles. The standard InChI is InChI=1S/C12H12FN3O3/c13-8-1-3-9(4-2-8)16-7-10(18)11(15-16)12(19)14-5-6-17/h1-4,7,17-18H,5-6H2,(H,14,19). The number of carbonyl (C=O) groups is 1. The molecule has 2 rings (SSSR count). The highest BCUT2D eigenvalue weighted by molar-refractivity contribution is 5.94. The Kier molecular flexibility index (Phi) is 3.76. The number of nitrogens with one attached hydrogen (secondary N) is 1. The molecular formula is C12H12FN3O3. The third kappa shape index (κ3) is 2.89. The van der Waals surface area contributed by atoms with Crippen molar-refractivity contribution in [3.05, 3.63) is 42.0 Å². The third-order valence-electron chi connectivity index (χ3n) is 2.40. The van der Waals surface area contributed by atoms with Crippen LogP contribution in [0.15, 0.2) is 30.5 Å². The lowest BCUT2D eigenvalue weighted by atomic mass is 10.3. The summed E-state index contributed by atoms with van der Waals surface area (Å²) in [6.07, 6.45) is 1.25. The summed E-state index contributed by atoms with van der Waals surface area (Å²) >= 11 is 0. The summed E-state index contributed by atoms with van der Waals surface area (Å²) < 4.78 is 14.1. The Morgan fingerprint density at radius 1 is 1.37 bits per heavy atom. The molecule has 1 amide bonds. The molecule has 0 aliphatic rings. The lowest BCUT2D eigenvalue weighted by Crippen LogP contribution is -2.26. The minimum absolute atomic E-state index is 0.0711. The molecule has 0 unspecified atom stereocenters. The van der Waals surface area contributed by atoms with Gasteiger partial charge in [-0.3, -0.25) is 4.79 Å². The molecule has 0 fully saturated rings. The van der Waals surface area contributed by atoms with Crippen molar-refractivity contribution < 1.29 is 19.4 Å². The van der Waals surface area contributed by atoms with Crippen molar-refractivity contribution in [1.82, 2.24) is 15.1 Å². The van der Waals surface area contributed by atoms with Crippen LogP contribution in [0, 0.1) is 5.82 Å². The van der Waals surface area contributed by atoms with E-state index >= 15 is 0 Å². The number of rotatable bonds is 4. The largest absolute Gasteiger partial charge is 0.504 e. The van der Waals surface area contributed by atoms with Gasteiger partial charge in [-0.15, -0.1) is 0 Å². The predicted octanol–water partition coefficient (Wildman–Crippen LogP) is 0.439. The monoisotopic (exact) mass is 265 g/mol. The molecule has 0 saturated heterocycles. The van der Waals surface area contributed by atoms with E-state index in [0.717, 1.165) is 0 Å². The number of nitrogens with zero attached hydrogens (tertiary/aromatic N) is 2. The average molecular weight is 265 g/mol. The molecule has 6 nitrogen and oxygen atoms in total. The summed E-state index contributed by atoms with van der Waals surface area (Å²) in [6.45, 7) is -0.132. The van der Waals surface area contributed by atoms with E-state index in [2.05, 4.69) is 10.4 Å². The first-order valence-corrected chi connectivity index (χ1v) is 5.55. The second-order valence-electron chi connectivity index (χ2n) is 3.76. The Labute approximate surface area is 108 Å². The van der Waals surface area contributed by atoms with Crippen molar-refractivity contribution in [3.63, 3.8) is 0 Å². The van der Waals surface area contributed by atoms with Gasteiger partial charge in [0.05, 0.1) is 18.5 Å². The molecule has 7 heteroatoms. The van der Waals surface area contributed by atoms with Crippen LogP contribution in [0.3, 0.4) is 0 Å². The van der Waals surface area contributed by atoms with Crippen molar-refractivity contribution in [2.24, 2.45) is 0 Å². The quantitative estimate of drug-likeness (QED) is 0.748. The molecule has 19 heavy (non-hydrogen) atoms. The van der Waals surface area contributed by atoms with Gasteiger partial charge in [-0.25, -0.2) is 9.07 Å². The fourth-order valence-electron chi connectivity index (χ4n) is 1.51. The van der Waals surface area contributed by atoms with Gasteiger partial charge in [-0.2, -0.15) is 5.10 Å². The lowest BCUT2D eigenvalue weighted by Gasteiger charge is -2.01. The Morgan fingerprint density at radius 2 is 2.05 bits per heavy atom. The zero-order valence-electron chi connectivity index (χ0n) is 9.88. The van der Waals surface area contributed by atoms with Gasteiger partial charge in [0.2, 0.25) is 0 Å². The summed E-state index contributed by atoms with van der Waals surface area (Å²) in [5.74, 6) is -1.27. The molecule has 0 bridgehead atoms. The molecule has 2 aromatic rings. The topological polar surface area (TPSA) is 87.4 Å². The molecule has 0 spiro atoms. The molecule has 0 radical (unpaired) electrons. The first-order chi connectivity index (χ1) is 9.11. The van der Waals surface area contributed by atoms with E-state index in [4.69, 9.17) is 5.11 Å². The van der Waals surface area contributed by atoms with Crippen molar-refractivity contribution in [1.29, 1.82) is 0 Å². The highest BCUT2D eigenvalue weighted by atomic mass is 19.1. The lowest BCUT2D eigenvalue weighted by molar-refractivity contribution is 0.0936. The zero-order chi connectivity index (χ0) is 13.8. The van der Waals surface area contributed by atoms with E-state index in [9.17, 15) is 14.3 Å². The summed E-state index contributed by atoms with van der Waals surface area (Å²) in [4.78, 5) is 11.6. The number of halogens is 1. The summed E-state index contributed by atoms with van der Waals surface area (Å²) in [6, 6.07) is 5.44. The minimum Gasteiger partial charge on any atom is -0.504 e. The van der Waals surface area contributed by atoms with Gasteiger partial charge in [-0.1, -0.05) is 0 Å². The number of aliphatic hydroxyl groups excluding tert-OH is 1. The normalized spacial score (nSPS) is 10.4. The zero-order valence-corrected chi connectivity index (χ0v) is 9.88. The number of hydrogen-bond acceptors (Lipinski definition) is 4. The van der Waals surface area contributed by atoms with Crippen LogP contribution in [0.4, 0.5) is 4.39 Å². The molecule has 0 atom stereocenters. The van der Waals surface area contributed by atoms with Crippen molar-refractivity contribution in [2.75, 3.05) is 13.2 Å². The fourth-order valence-corrected chi connectivity index (χ4v) is 1.51. The van der Waals surface area contributed by atoms with Gasteiger partial charge >= 0.3 is 0 Å². The van der Waals surface area contributed by atoms with Gasteiger partial charge < -0.3 is 15.5 Å². The van der Waals surface area contributed by atoms with Gasteiger partial charge in [-0.05, 0) is 24.3 Å². The Balaban J connectivity index is 2.25. The second kappa shape index (κ2) is 5.49. The smallest absolute Gasteiger partial charge is 0.275 e. The minimum atomic E-state index is -0.590. The second-order valence-corrected chi connectivity index (χ2v) is 3.76. The predicted molar refractivity (Wildman–Crippen MR) is 64.6 cm³/mol. The number of benzene rings is 1. The maximum absolute atomic E-state index is 12.8. The Morgan fingerprint density at radius 3 is 2.68 bits per heavy atom. The highest BCUT2D eigenvalue weighted by Crippen LogP contribution is 2.18. The first kappa shape index (κ1) is 13.0. The summed E-state index contributed by atoms with van der Waals surface area (Å²) in [7, 11) is 0. The number of aliphatic hydroxyl groups is 1. The SMILES string of the molecule is O=C(NCCO)c1nn(-c2ccc(F)cc2)cc1O. The molecule has 3 N–H and O–H groups in total. The molecule has 0 aliphatic carbocycles. The fraction of sp³-hybridized carbons (Fsp3) is 0.167. The molecule has 0 aliphatic heterocycles. The van der Waals surface area contributed by atoms with Crippen molar-refractivity contribution in [3.8, 4) is 11.4 Å². The number of hydrogen-bond donors (Lipinski definition) is 3. The molecule has 100 valence electrons. The van der Waals surface area contributed by atoms with E-state index in [1.54, 1.807) is 0 Å². The van der Waals surface area contributed by atoms with Crippen LogP contribution in [-0.2, 0) is 0 Å². The van der Waals surface area contributed by atoms with Crippen LogP contribution in [0.5, 0.6) is 5.75 Å². The average Bonchev–Trinajstić information content (AvgIpc) is 2.79. The molecule has 1 aromatic carbocycles. The molecular weight excluding hydrogens is 253 g/mol. The highest BCUT2D eigenvalue weighted by Gasteiger charge is 2.16. The van der Waals surface area contributed by atoms with Gasteiger partial charge in [0.25, 0.3) is 5.91 Å². The van der Waals surface area contributed by atoms with Crippen LogP contribution < -0.4 is 5.32 Å². The van der Waals surface area contributed by atoms with Crippen LogP contribution in [-0.4, -0.2) is 39.1 Å². The van der Waals surface area contributed by atoms with Gasteiger partial charge in [0.1, 0.15) is 5.82 Å². The van der Waals surface area contributed by atoms with Crippen LogP contribution in [0.2, 0.25) is 0 Å². The maximum atomic E-state index is 12.8. The first-order valence-electron chi connectivity index (χ1n) is 5.55. The van der Waals surface area contributed by atoms with E-state index in [1.165, 1.54) is 35.1 Å². The molecule has 1 aromatic heterocycles. The number of aromatic nitrogens is 2. The summed E-state index contributed by atoms with van der Waals surface area (Å²) in [5.41, 5.74) is 0.357. The van der Waals surface area contributed by atoms with Crippen molar-refractivity contribution >= 4 is 5.91 Å². The van der Waals surface area contributed by atoms with Crippen LogP contribution in [0.1, 0.15) is 10.5 Å². The number of amides is 1.